The van der Waals surface area contributed by atoms with Crippen molar-refractivity contribution in [3.63, 3.8) is 0 Å². The topological polar surface area (TPSA) is 73.6 Å². The maximum absolute atomic E-state index is 11.3. The van der Waals surface area contributed by atoms with Gasteiger partial charge in [-0.1, -0.05) is 6.07 Å². The largest absolute Gasteiger partial charge is 0.496 e. The third kappa shape index (κ3) is 4.13. The molecule has 5 heteroatoms. The van der Waals surface area contributed by atoms with Gasteiger partial charge in [0.1, 0.15) is 11.5 Å². The minimum Gasteiger partial charge on any atom is -0.496 e. The Bertz CT molecular complexity index is 433. The first kappa shape index (κ1) is 15.3. The van der Waals surface area contributed by atoms with Crippen LogP contribution < -0.4 is 20.5 Å². The molecule has 1 rings (SSSR count). The Hall–Kier alpha value is -1.75. The van der Waals surface area contributed by atoms with Crippen molar-refractivity contribution in [3.05, 3.63) is 23.3 Å². The highest BCUT2D eigenvalue weighted by Gasteiger charge is 2.11. The van der Waals surface area contributed by atoms with Crippen molar-refractivity contribution in [1.29, 1.82) is 0 Å². The molecule has 1 aromatic carbocycles. The monoisotopic (exact) mass is 266 g/mol. The molecule has 3 N–H and O–H groups in total. The summed E-state index contributed by atoms with van der Waals surface area (Å²) >= 11 is 0. The van der Waals surface area contributed by atoms with Crippen molar-refractivity contribution >= 4 is 5.91 Å². The predicted molar refractivity (Wildman–Crippen MR) is 74.7 cm³/mol. The van der Waals surface area contributed by atoms with Crippen LogP contribution >= 0.6 is 0 Å². The summed E-state index contributed by atoms with van der Waals surface area (Å²) in [6, 6.07) is 3.87. The third-order valence-corrected chi connectivity index (χ3v) is 2.95. The molecule has 0 atom stereocenters. The Balaban J connectivity index is 2.68. The van der Waals surface area contributed by atoms with Gasteiger partial charge in [0.15, 0.2) is 0 Å². The van der Waals surface area contributed by atoms with Gasteiger partial charge in [0.2, 0.25) is 5.91 Å². The maximum Gasteiger partial charge on any atom is 0.221 e. The average Bonchev–Trinajstić information content (AvgIpc) is 2.39. The van der Waals surface area contributed by atoms with Gasteiger partial charge in [0, 0.05) is 25.1 Å². The second-order valence-electron chi connectivity index (χ2n) is 4.22. The van der Waals surface area contributed by atoms with E-state index in [0.29, 0.717) is 25.9 Å². The van der Waals surface area contributed by atoms with Gasteiger partial charge in [-0.15, -0.1) is 0 Å². The first-order valence-electron chi connectivity index (χ1n) is 6.31. The molecule has 0 saturated carbocycles. The normalized spacial score (nSPS) is 10.1. The maximum atomic E-state index is 11.3. The molecule has 0 spiro atoms. The Labute approximate surface area is 114 Å². The summed E-state index contributed by atoms with van der Waals surface area (Å²) in [5.74, 6) is 1.59. The predicted octanol–water partition coefficient (Wildman–Crippen LogP) is 1.02. The number of amides is 1. The zero-order valence-corrected chi connectivity index (χ0v) is 11.8. The van der Waals surface area contributed by atoms with Gasteiger partial charge in [0.25, 0.3) is 0 Å². The molecule has 1 aromatic rings. The van der Waals surface area contributed by atoms with E-state index in [1.165, 1.54) is 0 Å². The standard InChI is InChI=1S/C14H22N2O3/c1-10-12(18-2)5-4-11(14(10)19-3)7-9-16-13(17)6-8-15/h4-5H,6-9,15H2,1-3H3,(H,16,17). The van der Waals surface area contributed by atoms with Crippen LogP contribution in [0, 0.1) is 6.92 Å². The Morgan fingerprint density at radius 2 is 2.05 bits per heavy atom. The fourth-order valence-corrected chi connectivity index (χ4v) is 1.99. The highest BCUT2D eigenvalue weighted by molar-refractivity contribution is 5.76. The quantitative estimate of drug-likeness (QED) is 0.773. The molecule has 0 radical (unpaired) electrons. The molecule has 106 valence electrons. The number of ether oxygens (including phenoxy) is 2. The molecule has 0 aliphatic heterocycles. The van der Waals surface area contributed by atoms with E-state index in [9.17, 15) is 4.79 Å². The van der Waals surface area contributed by atoms with Crippen LogP contribution in [0.4, 0.5) is 0 Å². The van der Waals surface area contributed by atoms with Crippen molar-refractivity contribution in [2.75, 3.05) is 27.3 Å². The summed E-state index contributed by atoms with van der Waals surface area (Å²) in [6.07, 6.45) is 1.07. The van der Waals surface area contributed by atoms with Crippen molar-refractivity contribution in [3.8, 4) is 11.5 Å². The average molecular weight is 266 g/mol. The number of carbonyl (C=O) groups is 1. The molecule has 0 unspecified atom stereocenters. The van der Waals surface area contributed by atoms with Crippen molar-refractivity contribution < 1.29 is 14.3 Å². The summed E-state index contributed by atoms with van der Waals surface area (Å²) in [5.41, 5.74) is 7.33. The first-order valence-corrected chi connectivity index (χ1v) is 6.31. The first-order chi connectivity index (χ1) is 9.13. The molecule has 1 amide bonds. The van der Waals surface area contributed by atoms with Crippen LogP contribution in [-0.2, 0) is 11.2 Å². The van der Waals surface area contributed by atoms with Gasteiger partial charge in [0.05, 0.1) is 14.2 Å². The Morgan fingerprint density at radius 3 is 2.63 bits per heavy atom. The summed E-state index contributed by atoms with van der Waals surface area (Å²) in [7, 11) is 3.27. The lowest BCUT2D eigenvalue weighted by Gasteiger charge is -2.14. The lowest BCUT2D eigenvalue weighted by atomic mass is 10.1. The molecule has 0 aliphatic carbocycles. The molecule has 0 saturated heterocycles. The van der Waals surface area contributed by atoms with E-state index in [1.54, 1.807) is 14.2 Å². The smallest absolute Gasteiger partial charge is 0.221 e. The molecular weight excluding hydrogens is 244 g/mol. The molecule has 0 aliphatic rings. The van der Waals surface area contributed by atoms with Crippen LogP contribution in [0.2, 0.25) is 0 Å². The summed E-state index contributed by atoms with van der Waals surface area (Å²) < 4.78 is 10.7. The number of rotatable bonds is 7. The molecular formula is C14H22N2O3. The number of methoxy groups -OCH3 is 2. The molecule has 5 nitrogen and oxygen atoms in total. The minimum atomic E-state index is -0.0216. The van der Waals surface area contributed by atoms with Crippen LogP contribution in [0.5, 0.6) is 11.5 Å². The highest BCUT2D eigenvalue weighted by Crippen LogP contribution is 2.31. The van der Waals surface area contributed by atoms with Gasteiger partial charge in [-0.3, -0.25) is 4.79 Å². The fraction of sp³-hybridized carbons (Fsp3) is 0.500. The summed E-state index contributed by atoms with van der Waals surface area (Å²) in [5, 5.41) is 2.83. The molecule has 0 fully saturated rings. The third-order valence-electron chi connectivity index (χ3n) is 2.95. The van der Waals surface area contributed by atoms with Crippen molar-refractivity contribution in [2.45, 2.75) is 19.8 Å². The van der Waals surface area contributed by atoms with Crippen LogP contribution in [0.15, 0.2) is 12.1 Å². The van der Waals surface area contributed by atoms with Crippen molar-refractivity contribution in [1.82, 2.24) is 5.32 Å². The number of nitrogens with one attached hydrogen (secondary N) is 1. The van der Waals surface area contributed by atoms with E-state index < -0.39 is 0 Å². The molecule has 19 heavy (non-hydrogen) atoms. The number of nitrogens with two attached hydrogens (primary N) is 1. The lowest BCUT2D eigenvalue weighted by Crippen LogP contribution is -2.27. The van der Waals surface area contributed by atoms with Crippen LogP contribution in [0.25, 0.3) is 0 Å². The SMILES string of the molecule is COc1ccc(CCNC(=O)CCN)c(OC)c1C. The van der Waals surface area contributed by atoms with E-state index in [-0.39, 0.29) is 5.91 Å². The minimum absolute atomic E-state index is 0.0216. The Kier molecular flexibility index (Phi) is 6.15. The lowest BCUT2D eigenvalue weighted by molar-refractivity contribution is -0.120. The van der Waals surface area contributed by atoms with Crippen molar-refractivity contribution in [2.24, 2.45) is 5.73 Å². The highest BCUT2D eigenvalue weighted by atomic mass is 16.5. The van der Waals surface area contributed by atoms with Crippen LogP contribution in [0.1, 0.15) is 17.5 Å². The number of hydrogen-bond donors (Lipinski definition) is 2. The number of carbonyl (C=O) groups excluding carboxylic acids is 1. The van der Waals surface area contributed by atoms with Crippen LogP contribution in [-0.4, -0.2) is 33.2 Å². The summed E-state index contributed by atoms with van der Waals surface area (Å²) in [4.78, 5) is 11.3. The van der Waals surface area contributed by atoms with E-state index in [1.807, 2.05) is 19.1 Å². The second kappa shape index (κ2) is 7.63. The van der Waals surface area contributed by atoms with Crippen LogP contribution in [0.3, 0.4) is 0 Å². The van der Waals surface area contributed by atoms with Gasteiger partial charge in [-0.2, -0.15) is 0 Å². The summed E-state index contributed by atoms with van der Waals surface area (Å²) in [6.45, 7) is 2.89. The zero-order chi connectivity index (χ0) is 14.3. The Morgan fingerprint density at radius 1 is 1.32 bits per heavy atom. The van der Waals surface area contributed by atoms with Gasteiger partial charge in [-0.25, -0.2) is 0 Å². The number of hydrogen-bond acceptors (Lipinski definition) is 4. The molecule has 0 heterocycles. The fourth-order valence-electron chi connectivity index (χ4n) is 1.99. The van der Waals surface area contributed by atoms with Gasteiger partial charge in [-0.05, 0) is 25.0 Å². The zero-order valence-electron chi connectivity index (χ0n) is 11.8. The van der Waals surface area contributed by atoms with E-state index in [4.69, 9.17) is 15.2 Å². The second-order valence-corrected chi connectivity index (χ2v) is 4.22. The van der Waals surface area contributed by atoms with E-state index in [2.05, 4.69) is 5.32 Å². The van der Waals surface area contributed by atoms with Gasteiger partial charge >= 0.3 is 0 Å². The number of benzene rings is 1. The van der Waals surface area contributed by atoms with E-state index >= 15 is 0 Å². The van der Waals surface area contributed by atoms with Gasteiger partial charge < -0.3 is 20.5 Å². The molecule has 0 aromatic heterocycles. The van der Waals surface area contributed by atoms with E-state index in [0.717, 1.165) is 22.6 Å². The molecule has 0 bridgehead atoms.